The first-order valence-corrected chi connectivity index (χ1v) is 7.98. The smallest absolute Gasteiger partial charge is 0.239 e. The second-order valence-electron chi connectivity index (χ2n) is 5.10. The van der Waals surface area contributed by atoms with E-state index < -0.39 is 0 Å². The van der Waals surface area contributed by atoms with E-state index in [1.165, 1.54) is 0 Å². The van der Waals surface area contributed by atoms with Crippen LogP contribution in [0.3, 0.4) is 0 Å². The van der Waals surface area contributed by atoms with Crippen LogP contribution in [0.5, 0.6) is 0 Å². The SMILES string of the molecule is CN=C(NCC(=O)NCc1ccco1)NCC(C)(C)SC. The average molecular weight is 312 g/mol. The monoisotopic (exact) mass is 312 g/mol. The highest BCUT2D eigenvalue weighted by Crippen LogP contribution is 2.19. The van der Waals surface area contributed by atoms with Crippen LogP contribution >= 0.6 is 11.8 Å². The predicted octanol–water partition coefficient (Wildman–Crippen LogP) is 1.20. The Morgan fingerprint density at radius 3 is 2.71 bits per heavy atom. The third-order valence-electron chi connectivity index (χ3n) is 2.91. The Bertz CT molecular complexity index is 458. The highest BCUT2D eigenvalue weighted by Gasteiger charge is 2.16. The summed E-state index contributed by atoms with van der Waals surface area (Å²) in [6.07, 6.45) is 3.65. The third-order valence-corrected chi connectivity index (χ3v) is 4.16. The molecule has 7 heteroatoms. The lowest BCUT2D eigenvalue weighted by atomic mass is 10.2. The zero-order chi connectivity index (χ0) is 15.7. The van der Waals surface area contributed by atoms with Crippen molar-refractivity contribution in [1.29, 1.82) is 0 Å². The van der Waals surface area contributed by atoms with Crippen LogP contribution in [0.4, 0.5) is 0 Å². The number of hydrogen-bond donors (Lipinski definition) is 3. The van der Waals surface area contributed by atoms with Gasteiger partial charge >= 0.3 is 0 Å². The highest BCUT2D eigenvalue weighted by molar-refractivity contribution is 7.99. The van der Waals surface area contributed by atoms with Gasteiger partial charge in [-0.05, 0) is 32.2 Å². The van der Waals surface area contributed by atoms with Gasteiger partial charge in [0.2, 0.25) is 5.91 Å². The molecule has 1 aromatic rings. The van der Waals surface area contributed by atoms with Crippen molar-refractivity contribution in [2.24, 2.45) is 4.99 Å². The van der Waals surface area contributed by atoms with Crippen LogP contribution in [0.15, 0.2) is 27.8 Å². The van der Waals surface area contributed by atoms with Crippen LogP contribution in [-0.4, -0.2) is 43.0 Å². The minimum absolute atomic E-state index is 0.110. The van der Waals surface area contributed by atoms with E-state index in [0.29, 0.717) is 12.5 Å². The number of aliphatic imine (C=N–C) groups is 1. The van der Waals surface area contributed by atoms with Crippen molar-refractivity contribution in [2.45, 2.75) is 25.1 Å². The van der Waals surface area contributed by atoms with E-state index >= 15 is 0 Å². The van der Waals surface area contributed by atoms with Crippen LogP contribution < -0.4 is 16.0 Å². The molecular weight excluding hydrogens is 288 g/mol. The minimum Gasteiger partial charge on any atom is -0.467 e. The van der Waals surface area contributed by atoms with Gasteiger partial charge in [0.15, 0.2) is 5.96 Å². The van der Waals surface area contributed by atoms with E-state index in [2.05, 4.69) is 41.0 Å². The molecule has 3 N–H and O–H groups in total. The Kier molecular flexibility index (Phi) is 7.14. The molecule has 0 aliphatic rings. The quantitative estimate of drug-likeness (QED) is 0.521. The molecule has 0 fully saturated rings. The fraction of sp³-hybridized carbons (Fsp3) is 0.571. The number of furan rings is 1. The molecule has 6 nitrogen and oxygen atoms in total. The van der Waals surface area contributed by atoms with Crippen molar-refractivity contribution in [3.63, 3.8) is 0 Å². The standard InChI is InChI=1S/C14H24N4O2S/c1-14(2,21-4)10-18-13(15-3)17-9-12(19)16-8-11-6-5-7-20-11/h5-7H,8-10H2,1-4H3,(H,16,19)(H2,15,17,18). The second-order valence-corrected chi connectivity index (χ2v) is 6.61. The van der Waals surface area contributed by atoms with Gasteiger partial charge < -0.3 is 20.4 Å². The molecule has 0 bridgehead atoms. The Morgan fingerprint density at radius 1 is 1.38 bits per heavy atom. The summed E-state index contributed by atoms with van der Waals surface area (Å²) >= 11 is 1.78. The van der Waals surface area contributed by atoms with Crippen LogP contribution in [0.1, 0.15) is 19.6 Å². The molecule has 0 aliphatic carbocycles. The zero-order valence-corrected chi connectivity index (χ0v) is 13.8. The molecule has 0 spiro atoms. The Labute approximate surface area is 130 Å². The van der Waals surface area contributed by atoms with E-state index in [1.54, 1.807) is 31.1 Å². The fourth-order valence-electron chi connectivity index (χ4n) is 1.41. The van der Waals surface area contributed by atoms with Crippen molar-refractivity contribution in [1.82, 2.24) is 16.0 Å². The number of carbonyl (C=O) groups excluding carboxylic acids is 1. The van der Waals surface area contributed by atoms with Gasteiger partial charge in [-0.25, -0.2) is 0 Å². The van der Waals surface area contributed by atoms with Gasteiger partial charge in [0.25, 0.3) is 0 Å². The predicted molar refractivity (Wildman–Crippen MR) is 87.5 cm³/mol. The average Bonchev–Trinajstić information content (AvgIpc) is 2.98. The maximum atomic E-state index is 11.7. The zero-order valence-electron chi connectivity index (χ0n) is 13.0. The molecule has 0 saturated heterocycles. The summed E-state index contributed by atoms with van der Waals surface area (Å²) in [5.74, 6) is 1.23. The first-order chi connectivity index (χ1) is 9.96. The topological polar surface area (TPSA) is 78.7 Å². The number of amides is 1. The minimum atomic E-state index is -0.113. The molecule has 0 saturated carbocycles. The molecule has 0 unspecified atom stereocenters. The van der Waals surface area contributed by atoms with Gasteiger partial charge in [-0.3, -0.25) is 9.79 Å². The van der Waals surface area contributed by atoms with E-state index in [4.69, 9.17) is 4.42 Å². The summed E-state index contributed by atoms with van der Waals surface area (Å²) < 4.78 is 5.26. The van der Waals surface area contributed by atoms with E-state index in [-0.39, 0.29) is 17.2 Å². The van der Waals surface area contributed by atoms with E-state index in [9.17, 15) is 4.79 Å². The van der Waals surface area contributed by atoms with Crippen LogP contribution in [-0.2, 0) is 11.3 Å². The maximum absolute atomic E-state index is 11.7. The second kappa shape index (κ2) is 8.61. The molecule has 0 aromatic carbocycles. The molecule has 0 aliphatic heterocycles. The maximum Gasteiger partial charge on any atom is 0.239 e. The van der Waals surface area contributed by atoms with Crippen molar-refractivity contribution in [2.75, 3.05) is 26.4 Å². The van der Waals surface area contributed by atoms with Gasteiger partial charge in [0, 0.05) is 18.3 Å². The Balaban J connectivity index is 2.26. The number of nitrogens with one attached hydrogen (secondary N) is 3. The molecular formula is C14H24N4O2S. The van der Waals surface area contributed by atoms with Gasteiger partial charge in [0.1, 0.15) is 5.76 Å². The molecule has 1 amide bonds. The Hall–Kier alpha value is -1.63. The largest absolute Gasteiger partial charge is 0.467 e. The fourth-order valence-corrected chi connectivity index (χ4v) is 1.63. The summed E-state index contributed by atoms with van der Waals surface area (Å²) in [4.78, 5) is 15.8. The lowest BCUT2D eigenvalue weighted by Crippen LogP contribution is -2.46. The molecule has 1 aromatic heterocycles. The third kappa shape index (κ3) is 7.08. The highest BCUT2D eigenvalue weighted by atomic mass is 32.2. The first-order valence-electron chi connectivity index (χ1n) is 6.75. The summed E-state index contributed by atoms with van der Waals surface area (Å²) in [5.41, 5.74) is 0. The lowest BCUT2D eigenvalue weighted by molar-refractivity contribution is -0.120. The summed E-state index contributed by atoms with van der Waals surface area (Å²) in [6, 6.07) is 3.61. The van der Waals surface area contributed by atoms with Crippen molar-refractivity contribution in [3.8, 4) is 0 Å². The molecule has 0 radical (unpaired) electrons. The number of thioether (sulfide) groups is 1. The van der Waals surface area contributed by atoms with Crippen molar-refractivity contribution in [3.05, 3.63) is 24.2 Å². The number of nitrogens with zero attached hydrogens (tertiary/aromatic N) is 1. The summed E-state index contributed by atoms with van der Waals surface area (Å²) in [5, 5.41) is 8.95. The number of rotatable bonds is 7. The normalized spacial score (nSPS) is 12.1. The summed E-state index contributed by atoms with van der Waals surface area (Å²) in [6.45, 7) is 5.61. The molecule has 1 rings (SSSR count). The van der Waals surface area contributed by atoms with Gasteiger partial charge in [0.05, 0.1) is 19.4 Å². The van der Waals surface area contributed by atoms with E-state index in [0.717, 1.165) is 12.3 Å². The lowest BCUT2D eigenvalue weighted by Gasteiger charge is -2.23. The number of guanidine groups is 1. The van der Waals surface area contributed by atoms with Crippen LogP contribution in [0.25, 0.3) is 0 Å². The van der Waals surface area contributed by atoms with Gasteiger partial charge in [-0.2, -0.15) is 11.8 Å². The van der Waals surface area contributed by atoms with Crippen LogP contribution in [0, 0.1) is 0 Å². The summed E-state index contributed by atoms with van der Waals surface area (Å²) in [7, 11) is 1.68. The van der Waals surface area contributed by atoms with Gasteiger partial charge in [-0.1, -0.05) is 0 Å². The van der Waals surface area contributed by atoms with Gasteiger partial charge in [-0.15, -0.1) is 0 Å². The van der Waals surface area contributed by atoms with Crippen molar-refractivity contribution < 1.29 is 9.21 Å². The number of hydrogen-bond acceptors (Lipinski definition) is 4. The van der Waals surface area contributed by atoms with Crippen LogP contribution in [0.2, 0.25) is 0 Å². The Morgan fingerprint density at radius 2 is 2.14 bits per heavy atom. The molecule has 118 valence electrons. The molecule has 0 atom stereocenters. The van der Waals surface area contributed by atoms with Crippen molar-refractivity contribution >= 4 is 23.6 Å². The van der Waals surface area contributed by atoms with E-state index in [1.807, 2.05) is 6.07 Å². The molecule has 1 heterocycles. The first kappa shape index (κ1) is 17.4. The molecule has 21 heavy (non-hydrogen) atoms. The number of carbonyl (C=O) groups is 1.